The van der Waals surface area contributed by atoms with E-state index >= 15 is 0 Å². The van der Waals surface area contributed by atoms with Gasteiger partial charge >= 0.3 is 0 Å². The molecule has 3 aromatic carbocycles. The number of hydrogen-bond acceptors (Lipinski definition) is 5. The van der Waals surface area contributed by atoms with E-state index < -0.39 is 10.0 Å². The highest BCUT2D eigenvalue weighted by Gasteiger charge is 2.19. The summed E-state index contributed by atoms with van der Waals surface area (Å²) >= 11 is 1.43. The molecule has 0 unspecified atom stereocenters. The second-order valence-electron chi connectivity index (χ2n) is 7.62. The highest BCUT2D eigenvalue weighted by atomic mass is 32.2. The lowest BCUT2D eigenvalue weighted by molar-refractivity contribution is 0.317. The van der Waals surface area contributed by atoms with Gasteiger partial charge in [-0.2, -0.15) is 0 Å². The molecule has 0 aliphatic rings. The summed E-state index contributed by atoms with van der Waals surface area (Å²) in [5, 5.41) is 6.84. The molecule has 6 nitrogen and oxygen atoms in total. The molecule has 0 aliphatic carbocycles. The number of sulfonamides is 1. The van der Waals surface area contributed by atoms with E-state index in [4.69, 9.17) is 4.74 Å². The van der Waals surface area contributed by atoms with Crippen molar-refractivity contribution >= 4 is 48.0 Å². The van der Waals surface area contributed by atoms with Crippen molar-refractivity contribution < 1.29 is 13.2 Å². The van der Waals surface area contributed by atoms with Gasteiger partial charge in [0.25, 0.3) is 10.0 Å². The van der Waals surface area contributed by atoms with Gasteiger partial charge < -0.3 is 15.0 Å². The van der Waals surface area contributed by atoms with Crippen LogP contribution in [0.3, 0.4) is 0 Å². The van der Waals surface area contributed by atoms with E-state index in [-0.39, 0.29) is 0 Å². The van der Waals surface area contributed by atoms with Gasteiger partial charge in [0.15, 0.2) is 0 Å². The normalized spacial score (nSPS) is 11.8. The van der Waals surface area contributed by atoms with Crippen molar-refractivity contribution in [3.05, 3.63) is 89.9 Å². The lowest BCUT2D eigenvalue weighted by Gasteiger charge is -2.11. The van der Waals surface area contributed by atoms with E-state index in [0.29, 0.717) is 30.3 Å². The van der Waals surface area contributed by atoms with Gasteiger partial charge in [0.05, 0.1) is 0 Å². The molecular weight excluding hydrogens is 454 g/mol. The number of benzene rings is 3. The minimum atomic E-state index is -3.67. The molecule has 2 aromatic heterocycles. The molecule has 168 valence electrons. The molecule has 0 atom stereocenters. The number of H-pyrrole nitrogens is 1. The first-order valence-electron chi connectivity index (χ1n) is 10.6. The molecule has 2 heterocycles. The van der Waals surface area contributed by atoms with Crippen LogP contribution in [-0.2, 0) is 16.6 Å². The summed E-state index contributed by atoms with van der Waals surface area (Å²) in [5.41, 5.74) is 2.58. The fourth-order valence-corrected chi connectivity index (χ4v) is 6.32. The molecule has 0 amide bonds. The Hall–Kier alpha value is -3.33. The Morgan fingerprint density at radius 1 is 0.939 bits per heavy atom. The summed E-state index contributed by atoms with van der Waals surface area (Å²) in [5.74, 6) is 0.855. The summed E-state index contributed by atoms with van der Waals surface area (Å²) in [7, 11) is -3.67. The second kappa shape index (κ2) is 9.27. The van der Waals surface area contributed by atoms with E-state index in [1.165, 1.54) is 11.3 Å². The fraction of sp³-hybridized carbons (Fsp3) is 0.120. The highest BCUT2D eigenvalue weighted by molar-refractivity contribution is 7.93. The molecule has 0 spiro atoms. The topological polar surface area (TPSA) is 83.2 Å². The first-order valence-corrected chi connectivity index (χ1v) is 12.9. The number of aromatic amines is 1. The molecule has 33 heavy (non-hydrogen) atoms. The van der Waals surface area contributed by atoms with Gasteiger partial charge in [0.1, 0.15) is 17.3 Å². The fourth-order valence-electron chi connectivity index (χ4n) is 3.76. The number of nitrogens with one attached hydrogen (secondary N) is 3. The maximum atomic E-state index is 13.0. The molecule has 5 aromatic rings. The lowest BCUT2D eigenvalue weighted by atomic mass is 10.2. The van der Waals surface area contributed by atoms with Crippen molar-refractivity contribution in [2.24, 2.45) is 0 Å². The number of anilines is 1. The molecule has 8 heteroatoms. The van der Waals surface area contributed by atoms with E-state index in [1.807, 2.05) is 72.9 Å². The predicted octanol–water partition coefficient (Wildman–Crippen LogP) is 5.35. The van der Waals surface area contributed by atoms with Gasteiger partial charge in [-0.05, 0) is 42.0 Å². The van der Waals surface area contributed by atoms with Gasteiger partial charge in [-0.25, -0.2) is 8.42 Å². The smallest absolute Gasteiger partial charge is 0.263 e. The average Bonchev–Trinajstić information content (AvgIpc) is 3.47. The molecule has 3 N–H and O–H groups in total. The first-order chi connectivity index (χ1) is 16.1. The predicted molar refractivity (Wildman–Crippen MR) is 135 cm³/mol. The minimum Gasteiger partial charge on any atom is -0.492 e. The van der Waals surface area contributed by atoms with Crippen molar-refractivity contribution in [2.75, 3.05) is 17.9 Å². The third-order valence-electron chi connectivity index (χ3n) is 5.33. The lowest BCUT2D eigenvalue weighted by Crippen LogP contribution is -2.20. The second-order valence-corrected chi connectivity index (χ2v) is 10.2. The monoisotopic (exact) mass is 477 g/mol. The van der Waals surface area contributed by atoms with Gasteiger partial charge in [-0.3, -0.25) is 4.72 Å². The van der Waals surface area contributed by atoms with Crippen LogP contribution in [0, 0.1) is 0 Å². The zero-order valence-corrected chi connectivity index (χ0v) is 19.4. The summed E-state index contributed by atoms with van der Waals surface area (Å²) in [6.07, 6.45) is 1.90. The Balaban J connectivity index is 1.18. The zero-order chi connectivity index (χ0) is 22.7. The van der Waals surface area contributed by atoms with Gasteiger partial charge in [-0.1, -0.05) is 36.4 Å². The quantitative estimate of drug-likeness (QED) is 0.250. The van der Waals surface area contributed by atoms with Crippen molar-refractivity contribution in [3.8, 4) is 5.75 Å². The number of rotatable bonds is 9. The number of thiophene rings is 1. The number of ether oxygens (including phenoxy) is 1. The molecule has 0 saturated heterocycles. The van der Waals surface area contributed by atoms with Crippen LogP contribution in [0.4, 0.5) is 5.69 Å². The van der Waals surface area contributed by atoms with E-state index in [0.717, 1.165) is 32.3 Å². The molecule has 5 rings (SSSR count). The number of hydrogen-bond donors (Lipinski definition) is 3. The maximum Gasteiger partial charge on any atom is 0.263 e. The largest absolute Gasteiger partial charge is 0.492 e. The summed E-state index contributed by atoms with van der Waals surface area (Å²) in [6.45, 7) is 1.80. The average molecular weight is 478 g/mol. The first kappa shape index (κ1) is 21.5. The Labute approximate surface area is 196 Å². The van der Waals surface area contributed by atoms with E-state index in [2.05, 4.69) is 15.0 Å². The third-order valence-corrected chi connectivity index (χ3v) is 7.87. The van der Waals surface area contributed by atoms with Crippen LogP contribution < -0.4 is 14.8 Å². The molecule has 0 bridgehead atoms. The van der Waals surface area contributed by atoms with Crippen LogP contribution in [0.25, 0.3) is 21.0 Å². The molecule has 0 fully saturated rings. The van der Waals surface area contributed by atoms with Crippen LogP contribution in [0.2, 0.25) is 0 Å². The summed E-state index contributed by atoms with van der Waals surface area (Å²) < 4.78 is 35.5. The van der Waals surface area contributed by atoms with Crippen LogP contribution in [0.1, 0.15) is 5.56 Å². The van der Waals surface area contributed by atoms with Crippen LogP contribution >= 0.6 is 11.3 Å². The van der Waals surface area contributed by atoms with Crippen LogP contribution in [0.15, 0.2) is 89.3 Å². The Bertz CT molecular complexity index is 1510. The molecule has 0 radical (unpaired) electrons. The Kier molecular flexibility index (Phi) is 6.04. The van der Waals surface area contributed by atoms with Gasteiger partial charge in [0, 0.05) is 51.3 Å². The standard InChI is InChI=1S/C25H23N3O3S2/c29-33(30,25-17-32-24-10-2-1-7-21(24)25)28-19-6-3-5-18(15-19)16-26-13-14-31-23-9-4-8-22-20(23)11-12-27-22/h1-12,15,17,26-28H,13-14,16H2. The molecule has 0 saturated carbocycles. The third kappa shape index (κ3) is 4.73. The van der Waals surface area contributed by atoms with Crippen molar-refractivity contribution in [1.82, 2.24) is 10.3 Å². The van der Waals surface area contributed by atoms with Crippen molar-refractivity contribution in [1.29, 1.82) is 0 Å². The molecule has 0 aliphatic heterocycles. The van der Waals surface area contributed by atoms with E-state index in [9.17, 15) is 8.42 Å². The molecular formula is C25H23N3O3S2. The zero-order valence-electron chi connectivity index (χ0n) is 17.7. The van der Waals surface area contributed by atoms with Gasteiger partial charge in [-0.15, -0.1) is 11.3 Å². The number of aromatic nitrogens is 1. The van der Waals surface area contributed by atoms with Gasteiger partial charge in [0.2, 0.25) is 0 Å². The SMILES string of the molecule is O=S(=O)(Nc1cccc(CNCCOc2cccc3[nH]ccc23)c1)c1csc2ccccc12. The van der Waals surface area contributed by atoms with Crippen molar-refractivity contribution in [2.45, 2.75) is 11.4 Å². The minimum absolute atomic E-state index is 0.307. The maximum absolute atomic E-state index is 13.0. The summed E-state index contributed by atoms with van der Waals surface area (Å²) in [4.78, 5) is 3.48. The summed E-state index contributed by atoms with van der Waals surface area (Å²) in [6, 6.07) is 22.9. The number of fused-ring (bicyclic) bond motifs is 2. The van der Waals surface area contributed by atoms with Crippen molar-refractivity contribution in [3.63, 3.8) is 0 Å². The van der Waals surface area contributed by atoms with Crippen LogP contribution in [0.5, 0.6) is 5.75 Å². The van der Waals surface area contributed by atoms with E-state index in [1.54, 1.807) is 11.4 Å². The Morgan fingerprint density at radius 3 is 2.76 bits per heavy atom. The Morgan fingerprint density at radius 2 is 1.82 bits per heavy atom. The van der Waals surface area contributed by atoms with Crippen LogP contribution in [-0.4, -0.2) is 26.6 Å². The highest BCUT2D eigenvalue weighted by Crippen LogP contribution is 2.30.